The van der Waals surface area contributed by atoms with Crippen LogP contribution < -0.4 is 16.4 Å². The molecule has 7 N–H and O–H groups in total. The molecule has 2 fully saturated rings. The molecule has 5 rings (SSSR count). The highest BCUT2D eigenvalue weighted by atomic mass is 19.1. The normalized spacial score (nSPS) is 19.4. The number of nitrogens with zero attached hydrogens (tertiary/aromatic N) is 1. The van der Waals surface area contributed by atoms with Gasteiger partial charge in [-0.1, -0.05) is 0 Å². The average molecular weight is 593 g/mol. The number of amides is 2. The number of hydrogen-bond donors (Lipinski definition) is 5. The van der Waals surface area contributed by atoms with Gasteiger partial charge in [-0.05, 0) is 75.1 Å². The summed E-state index contributed by atoms with van der Waals surface area (Å²) in [5.74, 6) is -2.67. The van der Waals surface area contributed by atoms with Crippen LogP contribution in [0.2, 0.25) is 0 Å². The Balaban J connectivity index is 1.50. The number of rotatable bonds is 11. The van der Waals surface area contributed by atoms with Crippen molar-refractivity contribution in [2.75, 3.05) is 13.7 Å². The zero-order chi connectivity index (χ0) is 31.1. The maximum Gasteiger partial charge on any atom is 0.251 e. The molecule has 0 spiro atoms. The molecule has 2 aromatic rings. The minimum Gasteiger partial charge on any atom is -0.494 e. The third-order valence-corrected chi connectivity index (χ3v) is 8.36. The lowest BCUT2D eigenvalue weighted by Crippen LogP contribution is -2.80. The van der Waals surface area contributed by atoms with E-state index in [1.165, 1.54) is 57.4 Å². The molecule has 11 heteroatoms. The van der Waals surface area contributed by atoms with Gasteiger partial charge in [-0.25, -0.2) is 13.8 Å². The van der Waals surface area contributed by atoms with E-state index in [-0.39, 0.29) is 52.0 Å². The maximum absolute atomic E-state index is 15.9. The van der Waals surface area contributed by atoms with Crippen molar-refractivity contribution in [1.82, 2.24) is 10.3 Å². The van der Waals surface area contributed by atoms with Gasteiger partial charge in [0.15, 0.2) is 5.82 Å². The summed E-state index contributed by atoms with van der Waals surface area (Å²) in [6.07, 6.45) is 8.37. The Morgan fingerprint density at radius 2 is 1.86 bits per heavy atom. The van der Waals surface area contributed by atoms with Crippen LogP contribution in [-0.2, 0) is 25.3 Å². The summed E-state index contributed by atoms with van der Waals surface area (Å²) in [6.45, 7) is 2.69. The van der Waals surface area contributed by atoms with Crippen LogP contribution in [0.15, 0.2) is 65.6 Å². The lowest BCUT2D eigenvalue weighted by molar-refractivity contribution is -0.602. The lowest BCUT2D eigenvalue weighted by Gasteiger charge is -2.31. The SMILES string of the molecule is COC1=CC(C(=O)NC[C@](O)(c2cc(C(C)(C)C(N)=O)c(F)c(-c3ccc(F)cc3)n2)C2CC2)=C/C(=C/[NH2+]C2CC2)C1=N. The van der Waals surface area contributed by atoms with Gasteiger partial charge in [0, 0.05) is 29.5 Å². The van der Waals surface area contributed by atoms with Gasteiger partial charge in [-0.2, -0.15) is 0 Å². The van der Waals surface area contributed by atoms with Crippen LogP contribution in [0.1, 0.15) is 50.8 Å². The number of nitrogens with two attached hydrogens (primary N) is 2. The molecule has 226 valence electrons. The van der Waals surface area contributed by atoms with E-state index in [1.54, 1.807) is 6.08 Å². The van der Waals surface area contributed by atoms with Gasteiger partial charge in [0.05, 0.1) is 36.4 Å². The van der Waals surface area contributed by atoms with Crippen molar-refractivity contribution >= 4 is 17.5 Å². The Kier molecular flexibility index (Phi) is 8.06. The van der Waals surface area contributed by atoms with E-state index in [2.05, 4.69) is 10.3 Å². The van der Waals surface area contributed by atoms with Crippen LogP contribution >= 0.6 is 0 Å². The van der Waals surface area contributed by atoms with Crippen molar-refractivity contribution in [1.29, 1.82) is 5.41 Å². The minimum atomic E-state index is -1.71. The molecular weight excluding hydrogens is 556 g/mol. The van der Waals surface area contributed by atoms with Crippen LogP contribution in [-0.4, -0.2) is 47.3 Å². The quantitative estimate of drug-likeness (QED) is 0.271. The predicted molar refractivity (Wildman–Crippen MR) is 155 cm³/mol. The molecule has 43 heavy (non-hydrogen) atoms. The van der Waals surface area contributed by atoms with Crippen LogP contribution in [0.3, 0.4) is 0 Å². The molecule has 0 saturated heterocycles. The first-order valence-electron chi connectivity index (χ1n) is 14.2. The molecule has 3 aliphatic carbocycles. The zero-order valence-electron chi connectivity index (χ0n) is 24.3. The molecule has 0 unspecified atom stereocenters. The van der Waals surface area contributed by atoms with Gasteiger partial charge in [0.2, 0.25) is 5.91 Å². The molecule has 0 aliphatic heterocycles. The maximum atomic E-state index is 15.9. The largest absolute Gasteiger partial charge is 0.494 e. The van der Waals surface area contributed by atoms with Gasteiger partial charge in [0.25, 0.3) is 5.91 Å². The number of pyridine rings is 1. The number of benzene rings is 1. The molecule has 1 heterocycles. The number of carbonyl (C=O) groups is 2. The number of methoxy groups -OCH3 is 1. The molecule has 0 bridgehead atoms. The minimum absolute atomic E-state index is 0.0625. The van der Waals surface area contributed by atoms with Gasteiger partial charge < -0.3 is 26.2 Å². The van der Waals surface area contributed by atoms with Crippen molar-refractivity contribution in [2.24, 2.45) is 11.7 Å². The Bertz CT molecular complexity index is 1570. The monoisotopic (exact) mass is 592 g/mol. The Labute approximate surface area is 248 Å². The van der Waals surface area contributed by atoms with E-state index in [4.69, 9.17) is 15.9 Å². The van der Waals surface area contributed by atoms with Crippen LogP contribution in [0.5, 0.6) is 0 Å². The van der Waals surface area contributed by atoms with Gasteiger partial charge in [-0.15, -0.1) is 0 Å². The number of quaternary nitrogens is 1. The molecule has 1 aromatic carbocycles. The Hall–Kier alpha value is -4.22. The summed E-state index contributed by atoms with van der Waals surface area (Å²) < 4.78 is 35.0. The second-order valence-corrected chi connectivity index (χ2v) is 11.9. The van der Waals surface area contributed by atoms with E-state index in [1.807, 2.05) is 11.5 Å². The highest BCUT2D eigenvalue weighted by molar-refractivity contribution is 6.15. The highest BCUT2D eigenvalue weighted by Crippen LogP contribution is 2.46. The van der Waals surface area contributed by atoms with E-state index in [0.717, 1.165) is 12.8 Å². The number of hydrogen-bond acceptors (Lipinski definition) is 6. The lowest BCUT2D eigenvalue weighted by atomic mass is 9.80. The Morgan fingerprint density at radius 3 is 2.44 bits per heavy atom. The van der Waals surface area contributed by atoms with E-state index in [9.17, 15) is 19.1 Å². The third kappa shape index (κ3) is 6.14. The molecule has 3 aliphatic rings. The molecule has 1 aromatic heterocycles. The molecular formula is C32H36F2N5O4+. The van der Waals surface area contributed by atoms with Gasteiger partial charge >= 0.3 is 0 Å². The fourth-order valence-electron chi connectivity index (χ4n) is 5.05. The second-order valence-electron chi connectivity index (χ2n) is 11.9. The fourth-order valence-corrected chi connectivity index (χ4v) is 5.05. The van der Waals surface area contributed by atoms with Crippen molar-refractivity contribution < 1.29 is 33.5 Å². The van der Waals surface area contributed by atoms with E-state index in [0.29, 0.717) is 24.5 Å². The first-order chi connectivity index (χ1) is 20.3. The summed E-state index contributed by atoms with van der Waals surface area (Å²) in [4.78, 5) is 30.3. The Morgan fingerprint density at radius 1 is 1.19 bits per heavy atom. The van der Waals surface area contributed by atoms with Gasteiger partial charge in [-0.3, -0.25) is 15.0 Å². The number of nitrogens with one attached hydrogen (secondary N) is 2. The summed E-state index contributed by atoms with van der Waals surface area (Å²) in [5, 5.41) is 25.3. The summed E-state index contributed by atoms with van der Waals surface area (Å²) in [7, 11) is 1.43. The number of ether oxygens (including phenoxy) is 1. The molecule has 2 amide bonds. The van der Waals surface area contributed by atoms with Crippen LogP contribution in [0.25, 0.3) is 11.3 Å². The first-order valence-corrected chi connectivity index (χ1v) is 14.2. The number of aromatic nitrogens is 1. The predicted octanol–water partition coefficient (Wildman–Crippen LogP) is 2.60. The topological polar surface area (TPSA) is 155 Å². The van der Waals surface area contributed by atoms with Crippen LogP contribution in [0.4, 0.5) is 8.78 Å². The summed E-state index contributed by atoms with van der Waals surface area (Å²) in [5.41, 5.74) is 3.47. The second kappa shape index (κ2) is 11.5. The third-order valence-electron chi connectivity index (χ3n) is 8.36. The number of primary amides is 1. The standard InChI is InChI=1S/C32H35F2N5O4/c1-31(2,30(36)41)23-14-25(39-28(26(23)34)17-4-8-21(33)9-5-17)32(42,20-6-7-20)16-38-29(40)18-12-19(15-37-22-10-11-22)27(35)24(13-18)43-3/h4-5,8-9,12-15,20,22,35,37,42H,6-7,10-11,16H2,1-3H3,(H2,36,41)(H,38,40)/p+1/b19-15-,35-27?/t32-/m1/s1. The fraction of sp³-hybridized carbons (Fsp3) is 0.375. The number of halogens is 2. The molecule has 0 radical (unpaired) electrons. The van der Waals surface area contributed by atoms with Crippen molar-refractivity contribution in [3.63, 3.8) is 0 Å². The molecule has 9 nitrogen and oxygen atoms in total. The smallest absolute Gasteiger partial charge is 0.251 e. The summed E-state index contributed by atoms with van der Waals surface area (Å²) >= 11 is 0. The average Bonchev–Trinajstić information content (AvgIpc) is 3.90. The van der Waals surface area contributed by atoms with Crippen molar-refractivity contribution in [3.05, 3.63) is 88.5 Å². The number of carbonyl (C=O) groups excluding carboxylic acids is 2. The number of aliphatic hydroxyl groups is 1. The van der Waals surface area contributed by atoms with E-state index >= 15 is 4.39 Å². The highest BCUT2D eigenvalue weighted by Gasteiger charge is 2.48. The van der Waals surface area contributed by atoms with Crippen molar-refractivity contribution in [3.8, 4) is 11.3 Å². The molecule has 2 saturated carbocycles. The van der Waals surface area contributed by atoms with Crippen molar-refractivity contribution in [2.45, 2.75) is 56.6 Å². The first kappa shape index (κ1) is 30.2. The number of allylic oxidation sites excluding steroid dienone is 2. The molecule has 1 atom stereocenters. The van der Waals surface area contributed by atoms with E-state index < -0.39 is 34.5 Å². The van der Waals surface area contributed by atoms with Gasteiger partial charge in [0.1, 0.15) is 34.8 Å². The van der Waals surface area contributed by atoms with Crippen LogP contribution in [0, 0.1) is 23.0 Å². The summed E-state index contributed by atoms with van der Waals surface area (Å²) in [6, 6.07) is 6.86. The zero-order valence-corrected chi connectivity index (χ0v) is 24.3.